The zero-order valence-electron chi connectivity index (χ0n) is 8.26. The molecule has 0 bridgehead atoms. The molecular formula is C9H15NO2. The number of carbonyl (C=O) groups excluding carboxylic acids is 1. The van der Waals surface area contributed by atoms with Crippen molar-refractivity contribution in [2.24, 2.45) is 10.8 Å². The van der Waals surface area contributed by atoms with Crippen LogP contribution in [0.15, 0.2) is 0 Å². The molecule has 3 nitrogen and oxygen atoms in total. The summed E-state index contributed by atoms with van der Waals surface area (Å²) in [6, 6.07) is 0. The molecule has 0 aromatic rings. The molecule has 12 heavy (non-hydrogen) atoms. The number of hydrogen-bond acceptors (Lipinski definition) is 3. The summed E-state index contributed by atoms with van der Waals surface area (Å²) in [6.45, 7) is 9.35. The van der Waals surface area contributed by atoms with Crippen molar-refractivity contribution in [3.63, 3.8) is 0 Å². The first-order chi connectivity index (χ1) is 5.23. The van der Waals surface area contributed by atoms with E-state index >= 15 is 0 Å². The molecule has 0 atom stereocenters. The van der Waals surface area contributed by atoms with Gasteiger partial charge < -0.3 is 4.74 Å². The number of ether oxygens (including phenoxy) is 1. The van der Waals surface area contributed by atoms with Gasteiger partial charge in [-0.3, -0.25) is 4.79 Å². The fraction of sp³-hybridized carbons (Fsp3) is 0.778. The van der Waals surface area contributed by atoms with E-state index < -0.39 is 11.4 Å². The Morgan fingerprint density at radius 1 is 1.25 bits per heavy atom. The maximum atomic E-state index is 11.3. The number of hydrogen-bond donors (Lipinski definition) is 0. The molecule has 0 saturated heterocycles. The second-order valence-corrected chi connectivity index (χ2v) is 4.36. The van der Waals surface area contributed by atoms with Crippen molar-refractivity contribution < 1.29 is 9.53 Å². The van der Waals surface area contributed by atoms with Crippen LogP contribution >= 0.6 is 0 Å². The van der Waals surface area contributed by atoms with E-state index in [1.807, 2.05) is 20.8 Å². The Morgan fingerprint density at radius 2 is 1.67 bits per heavy atom. The SMILES string of the molecule is CC(C)(C)C(C)(C)C(=O)OC#N. The summed E-state index contributed by atoms with van der Waals surface area (Å²) in [7, 11) is 0. The topological polar surface area (TPSA) is 50.1 Å². The number of nitriles is 1. The fourth-order valence-electron chi connectivity index (χ4n) is 0.475. The summed E-state index contributed by atoms with van der Waals surface area (Å²) in [5.41, 5.74) is -0.844. The molecule has 0 rings (SSSR count). The summed E-state index contributed by atoms with van der Waals surface area (Å²) in [6.07, 6.45) is 1.40. The minimum absolute atomic E-state index is 0.207. The van der Waals surface area contributed by atoms with Crippen LogP contribution in [-0.4, -0.2) is 5.97 Å². The maximum absolute atomic E-state index is 11.3. The average molecular weight is 169 g/mol. The van der Waals surface area contributed by atoms with Crippen molar-refractivity contribution in [2.75, 3.05) is 0 Å². The smallest absolute Gasteiger partial charge is 0.327 e. The lowest BCUT2D eigenvalue weighted by Gasteiger charge is -2.34. The van der Waals surface area contributed by atoms with Crippen molar-refractivity contribution in [3.8, 4) is 6.26 Å². The van der Waals surface area contributed by atoms with E-state index in [1.165, 1.54) is 6.26 Å². The molecule has 0 aromatic carbocycles. The standard InChI is InChI=1S/C9H15NO2/c1-8(2,3)9(4,5)7(11)12-6-10/h1-5H3. The van der Waals surface area contributed by atoms with Crippen molar-refractivity contribution in [2.45, 2.75) is 34.6 Å². The lowest BCUT2D eigenvalue weighted by atomic mass is 9.69. The molecule has 0 N–H and O–H groups in total. The highest BCUT2D eigenvalue weighted by Crippen LogP contribution is 2.38. The molecule has 0 unspecified atom stereocenters. The molecule has 0 spiro atoms. The van der Waals surface area contributed by atoms with Crippen LogP contribution in [0, 0.1) is 22.3 Å². The van der Waals surface area contributed by atoms with E-state index in [2.05, 4.69) is 4.74 Å². The Kier molecular flexibility index (Phi) is 2.87. The van der Waals surface area contributed by atoms with E-state index in [9.17, 15) is 4.79 Å². The molecule has 0 amide bonds. The molecule has 0 heterocycles. The van der Waals surface area contributed by atoms with Gasteiger partial charge in [-0.1, -0.05) is 20.8 Å². The van der Waals surface area contributed by atoms with Crippen LogP contribution in [0.25, 0.3) is 0 Å². The molecular weight excluding hydrogens is 154 g/mol. The van der Waals surface area contributed by atoms with Crippen LogP contribution in [0.4, 0.5) is 0 Å². The molecule has 0 aliphatic carbocycles. The van der Waals surface area contributed by atoms with Gasteiger partial charge in [-0.05, 0) is 19.3 Å². The van der Waals surface area contributed by atoms with Gasteiger partial charge in [-0.25, -0.2) is 0 Å². The molecule has 68 valence electrons. The first-order valence-corrected chi connectivity index (χ1v) is 3.84. The molecule has 0 fully saturated rings. The van der Waals surface area contributed by atoms with E-state index in [4.69, 9.17) is 5.26 Å². The first kappa shape index (κ1) is 11.0. The van der Waals surface area contributed by atoms with Gasteiger partial charge in [-0.15, -0.1) is 5.26 Å². The second-order valence-electron chi connectivity index (χ2n) is 4.36. The maximum Gasteiger partial charge on any atom is 0.327 e. The summed E-state index contributed by atoms with van der Waals surface area (Å²) < 4.78 is 4.30. The van der Waals surface area contributed by atoms with Crippen molar-refractivity contribution >= 4 is 5.97 Å². The first-order valence-electron chi connectivity index (χ1n) is 3.84. The van der Waals surface area contributed by atoms with Crippen molar-refractivity contribution in [1.29, 1.82) is 5.26 Å². The fourth-order valence-corrected chi connectivity index (χ4v) is 0.475. The van der Waals surface area contributed by atoms with Gasteiger partial charge in [0.25, 0.3) is 6.26 Å². The van der Waals surface area contributed by atoms with E-state index in [0.717, 1.165) is 0 Å². The Labute approximate surface area is 73.3 Å². The average Bonchev–Trinajstić information content (AvgIpc) is 1.85. The van der Waals surface area contributed by atoms with Crippen LogP contribution < -0.4 is 0 Å². The highest BCUT2D eigenvalue weighted by atomic mass is 16.5. The molecule has 0 aliphatic rings. The lowest BCUT2D eigenvalue weighted by molar-refractivity contribution is -0.152. The predicted octanol–water partition coefficient (Wildman–Crippen LogP) is 2.08. The van der Waals surface area contributed by atoms with Gasteiger partial charge in [-0.2, -0.15) is 0 Å². The highest BCUT2D eigenvalue weighted by molar-refractivity contribution is 5.77. The third-order valence-electron chi connectivity index (χ3n) is 2.52. The van der Waals surface area contributed by atoms with Gasteiger partial charge in [0.2, 0.25) is 0 Å². The van der Waals surface area contributed by atoms with Crippen LogP contribution in [0.5, 0.6) is 0 Å². The number of nitrogens with zero attached hydrogens (tertiary/aromatic N) is 1. The van der Waals surface area contributed by atoms with Gasteiger partial charge in [0.15, 0.2) is 0 Å². The largest absolute Gasteiger partial charge is 0.351 e. The van der Waals surface area contributed by atoms with Crippen LogP contribution in [0.2, 0.25) is 0 Å². The van der Waals surface area contributed by atoms with E-state index in [1.54, 1.807) is 13.8 Å². The van der Waals surface area contributed by atoms with E-state index in [-0.39, 0.29) is 5.41 Å². The predicted molar refractivity (Wildman–Crippen MR) is 44.9 cm³/mol. The quantitative estimate of drug-likeness (QED) is 0.446. The summed E-state index contributed by atoms with van der Waals surface area (Å²) in [4.78, 5) is 11.3. The third-order valence-corrected chi connectivity index (χ3v) is 2.52. The number of esters is 1. The Hall–Kier alpha value is -1.04. The second kappa shape index (κ2) is 3.14. The van der Waals surface area contributed by atoms with Crippen molar-refractivity contribution in [1.82, 2.24) is 0 Å². The zero-order valence-corrected chi connectivity index (χ0v) is 8.26. The lowest BCUT2D eigenvalue weighted by Crippen LogP contribution is -2.38. The van der Waals surface area contributed by atoms with Crippen LogP contribution in [-0.2, 0) is 9.53 Å². The van der Waals surface area contributed by atoms with Crippen LogP contribution in [0.1, 0.15) is 34.6 Å². The minimum Gasteiger partial charge on any atom is -0.351 e. The Bertz CT molecular complexity index is 218. The zero-order chi connectivity index (χ0) is 9.99. The molecule has 0 aromatic heterocycles. The summed E-state index contributed by atoms with van der Waals surface area (Å²) in [5, 5.41) is 8.17. The van der Waals surface area contributed by atoms with Gasteiger partial charge in [0.1, 0.15) is 0 Å². The monoisotopic (exact) mass is 169 g/mol. The van der Waals surface area contributed by atoms with Crippen LogP contribution in [0.3, 0.4) is 0 Å². The summed E-state index contributed by atoms with van der Waals surface area (Å²) >= 11 is 0. The third kappa shape index (κ3) is 1.97. The minimum atomic E-state index is -0.636. The number of rotatable bonds is 1. The Morgan fingerprint density at radius 3 is 1.92 bits per heavy atom. The Balaban J connectivity index is 4.64. The van der Waals surface area contributed by atoms with Gasteiger partial charge in [0, 0.05) is 0 Å². The van der Waals surface area contributed by atoms with Gasteiger partial charge in [0.05, 0.1) is 5.41 Å². The van der Waals surface area contributed by atoms with E-state index in [0.29, 0.717) is 0 Å². The molecule has 0 radical (unpaired) electrons. The highest BCUT2D eigenvalue weighted by Gasteiger charge is 2.41. The van der Waals surface area contributed by atoms with Gasteiger partial charge >= 0.3 is 5.97 Å². The van der Waals surface area contributed by atoms with Crippen molar-refractivity contribution in [3.05, 3.63) is 0 Å². The molecule has 0 aliphatic heterocycles. The summed E-state index contributed by atoms with van der Waals surface area (Å²) in [5.74, 6) is -0.475. The molecule has 0 saturated carbocycles. The normalized spacial score (nSPS) is 12.0. The number of carbonyl (C=O) groups is 1. The molecule has 3 heteroatoms.